The molecule has 1 atom stereocenters. The Hall–Kier alpha value is -0.930. The zero-order chi connectivity index (χ0) is 14.6. The van der Waals surface area contributed by atoms with E-state index in [2.05, 4.69) is 0 Å². The molecule has 0 aliphatic rings. The Labute approximate surface area is 118 Å². The van der Waals surface area contributed by atoms with E-state index in [0.717, 1.165) is 0 Å². The standard InChI is InChI=1S/C15H20ClFO2/c1-5-19-14(15(2,3)4)13(18)9-10-8-11(17)6-7-12(10)16/h6-8,14H,5,9H2,1-4H3. The van der Waals surface area contributed by atoms with Crippen LogP contribution in [0, 0.1) is 11.2 Å². The van der Waals surface area contributed by atoms with E-state index >= 15 is 0 Å². The summed E-state index contributed by atoms with van der Waals surface area (Å²) in [4.78, 5) is 12.3. The van der Waals surface area contributed by atoms with Gasteiger partial charge in [-0.25, -0.2) is 4.39 Å². The monoisotopic (exact) mass is 286 g/mol. The Morgan fingerprint density at radius 3 is 2.58 bits per heavy atom. The largest absolute Gasteiger partial charge is 0.370 e. The first kappa shape index (κ1) is 16.1. The van der Waals surface area contributed by atoms with Crippen LogP contribution in [-0.2, 0) is 16.0 Å². The molecule has 0 N–H and O–H groups in total. The number of hydrogen-bond donors (Lipinski definition) is 0. The highest BCUT2D eigenvalue weighted by atomic mass is 35.5. The molecule has 0 amide bonds. The molecule has 1 unspecified atom stereocenters. The third kappa shape index (κ3) is 4.59. The van der Waals surface area contributed by atoms with E-state index in [0.29, 0.717) is 17.2 Å². The fraction of sp³-hybridized carbons (Fsp3) is 0.533. The van der Waals surface area contributed by atoms with Crippen molar-refractivity contribution in [2.24, 2.45) is 5.41 Å². The molecule has 1 aromatic rings. The summed E-state index contributed by atoms with van der Waals surface area (Å²) in [5.41, 5.74) is 0.202. The molecule has 0 spiro atoms. The van der Waals surface area contributed by atoms with Crippen molar-refractivity contribution in [3.05, 3.63) is 34.6 Å². The number of ketones is 1. The van der Waals surface area contributed by atoms with E-state index in [-0.39, 0.29) is 17.6 Å². The quantitative estimate of drug-likeness (QED) is 0.816. The van der Waals surface area contributed by atoms with Crippen LogP contribution in [-0.4, -0.2) is 18.5 Å². The van der Waals surface area contributed by atoms with Crippen LogP contribution in [0.15, 0.2) is 18.2 Å². The number of Topliss-reactive ketones (excluding diaryl/α,β-unsaturated/α-hetero) is 1. The fourth-order valence-electron chi connectivity index (χ4n) is 1.95. The van der Waals surface area contributed by atoms with Crippen molar-refractivity contribution >= 4 is 17.4 Å². The topological polar surface area (TPSA) is 26.3 Å². The van der Waals surface area contributed by atoms with Crippen LogP contribution in [0.4, 0.5) is 4.39 Å². The Bertz CT molecular complexity index is 452. The molecular formula is C15H20ClFO2. The molecule has 0 bridgehead atoms. The highest BCUT2D eigenvalue weighted by Gasteiger charge is 2.31. The maximum absolute atomic E-state index is 13.2. The summed E-state index contributed by atoms with van der Waals surface area (Å²) in [7, 11) is 0. The predicted molar refractivity (Wildman–Crippen MR) is 75.0 cm³/mol. The number of rotatable bonds is 5. The van der Waals surface area contributed by atoms with Crippen LogP contribution < -0.4 is 0 Å². The van der Waals surface area contributed by atoms with Gasteiger partial charge in [-0.3, -0.25) is 4.79 Å². The predicted octanol–water partition coefficient (Wildman–Crippen LogP) is 4.04. The summed E-state index contributed by atoms with van der Waals surface area (Å²) in [5.74, 6) is -0.474. The second-order valence-electron chi connectivity index (χ2n) is 5.58. The smallest absolute Gasteiger partial charge is 0.166 e. The Morgan fingerprint density at radius 2 is 2.05 bits per heavy atom. The second-order valence-corrected chi connectivity index (χ2v) is 5.99. The van der Waals surface area contributed by atoms with E-state index in [9.17, 15) is 9.18 Å². The third-order valence-corrected chi connectivity index (χ3v) is 3.15. The van der Waals surface area contributed by atoms with Gasteiger partial charge >= 0.3 is 0 Å². The van der Waals surface area contributed by atoms with Crippen molar-refractivity contribution in [2.75, 3.05) is 6.61 Å². The summed E-state index contributed by atoms with van der Waals surface area (Å²) in [6.07, 6.45) is -0.435. The number of benzene rings is 1. The molecule has 0 aliphatic heterocycles. The Morgan fingerprint density at radius 1 is 1.42 bits per heavy atom. The minimum absolute atomic E-state index is 0.0816. The first-order chi connectivity index (χ1) is 8.75. The lowest BCUT2D eigenvalue weighted by atomic mass is 9.84. The van der Waals surface area contributed by atoms with Crippen LogP contribution in [0.2, 0.25) is 5.02 Å². The van der Waals surface area contributed by atoms with Crippen LogP contribution in [0.25, 0.3) is 0 Å². The summed E-state index contributed by atoms with van der Waals surface area (Å²) in [6, 6.07) is 4.04. The zero-order valence-electron chi connectivity index (χ0n) is 11.8. The van der Waals surface area contributed by atoms with Gasteiger partial charge in [-0.1, -0.05) is 32.4 Å². The third-order valence-electron chi connectivity index (χ3n) is 2.78. The minimum atomic E-state index is -0.517. The van der Waals surface area contributed by atoms with Crippen molar-refractivity contribution in [3.8, 4) is 0 Å². The minimum Gasteiger partial charge on any atom is -0.370 e. The molecule has 1 aromatic carbocycles. The van der Waals surface area contributed by atoms with Gasteiger partial charge in [0.1, 0.15) is 11.9 Å². The maximum Gasteiger partial charge on any atom is 0.166 e. The zero-order valence-corrected chi connectivity index (χ0v) is 12.6. The Balaban J connectivity index is 2.90. The molecular weight excluding hydrogens is 267 g/mol. The van der Waals surface area contributed by atoms with Crippen molar-refractivity contribution in [2.45, 2.75) is 40.2 Å². The number of carbonyl (C=O) groups is 1. The van der Waals surface area contributed by atoms with Crippen LogP contribution in [0.5, 0.6) is 0 Å². The van der Waals surface area contributed by atoms with E-state index in [1.165, 1.54) is 18.2 Å². The van der Waals surface area contributed by atoms with Crippen LogP contribution in [0.1, 0.15) is 33.3 Å². The van der Waals surface area contributed by atoms with Crippen LogP contribution in [0.3, 0.4) is 0 Å². The van der Waals surface area contributed by atoms with Gasteiger partial charge in [0.05, 0.1) is 0 Å². The van der Waals surface area contributed by atoms with Crippen molar-refractivity contribution < 1.29 is 13.9 Å². The average Bonchev–Trinajstić information content (AvgIpc) is 2.29. The summed E-state index contributed by atoms with van der Waals surface area (Å²) >= 11 is 5.98. The maximum atomic E-state index is 13.2. The molecule has 0 aliphatic carbocycles. The number of hydrogen-bond acceptors (Lipinski definition) is 2. The molecule has 19 heavy (non-hydrogen) atoms. The van der Waals surface area contributed by atoms with Crippen molar-refractivity contribution in [1.29, 1.82) is 0 Å². The molecule has 0 radical (unpaired) electrons. The molecule has 0 fully saturated rings. The van der Waals surface area contributed by atoms with E-state index < -0.39 is 11.9 Å². The van der Waals surface area contributed by atoms with Gasteiger partial charge in [0.15, 0.2) is 5.78 Å². The lowest BCUT2D eigenvalue weighted by Gasteiger charge is -2.29. The van der Waals surface area contributed by atoms with Crippen molar-refractivity contribution in [3.63, 3.8) is 0 Å². The van der Waals surface area contributed by atoms with Gasteiger partial charge in [-0.05, 0) is 36.1 Å². The number of ether oxygens (including phenoxy) is 1. The van der Waals surface area contributed by atoms with Gasteiger partial charge < -0.3 is 4.74 Å². The summed E-state index contributed by atoms with van der Waals surface area (Å²) in [5, 5.41) is 0.402. The van der Waals surface area contributed by atoms with E-state index in [1.807, 2.05) is 27.7 Å². The highest BCUT2D eigenvalue weighted by Crippen LogP contribution is 2.26. The lowest BCUT2D eigenvalue weighted by Crippen LogP contribution is -2.38. The molecule has 4 heteroatoms. The summed E-state index contributed by atoms with van der Waals surface area (Å²) in [6.45, 7) is 8.14. The number of carbonyl (C=O) groups excluding carboxylic acids is 1. The first-order valence-electron chi connectivity index (χ1n) is 6.34. The van der Waals surface area contributed by atoms with Gasteiger partial charge in [0.25, 0.3) is 0 Å². The Kier molecular flexibility index (Phi) is 5.50. The summed E-state index contributed by atoms with van der Waals surface area (Å²) < 4.78 is 18.7. The molecule has 1 rings (SSSR count). The molecule has 0 aromatic heterocycles. The van der Waals surface area contributed by atoms with Crippen LogP contribution >= 0.6 is 11.6 Å². The lowest BCUT2D eigenvalue weighted by molar-refractivity contribution is -0.136. The van der Waals surface area contributed by atoms with Gasteiger partial charge in [-0.2, -0.15) is 0 Å². The first-order valence-corrected chi connectivity index (χ1v) is 6.71. The van der Waals surface area contributed by atoms with Gasteiger partial charge in [-0.15, -0.1) is 0 Å². The normalized spacial score (nSPS) is 13.4. The van der Waals surface area contributed by atoms with Gasteiger partial charge in [0.2, 0.25) is 0 Å². The molecule has 106 valence electrons. The fourth-order valence-corrected chi connectivity index (χ4v) is 2.14. The highest BCUT2D eigenvalue weighted by molar-refractivity contribution is 6.31. The number of halogens is 2. The molecule has 0 saturated heterocycles. The van der Waals surface area contributed by atoms with E-state index in [4.69, 9.17) is 16.3 Å². The average molecular weight is 287 g/mol. The second kappa shape index (κ2) is 6.49. The molecule has 2 nitrogen and oxygen atoms in total. The van der Waals surface area contributed by atoms with Gasteiger partial charge in [0, 0.05) is 18.1 Å². The van der Waals surface area contributed by atoms with E-state index in [1.54, 1.807) is 0 Å². The molecule has 0 saturated carbocycles. The van der Waals surface area contributed by atoms with Crippen molar-refractivity contribution in [1.82, 2.24) is 0 Å². The molecule has 0 heterocycles. The SMILES string of the molecule is CCOC(C(=O)Cc1cc(F)ccc1Cl)C(C)(C)C.